The second kappa shape index (κ2) is 6.15. The monoisotopic (exact) mass is 328 g/mol. The first-order valence-corrected chi connectivity index (χ1v) is 6.34. The summed E-state index contributed by atoms with van der Waals surface area (Å²) >= 11 is 5.88. The third kappa shape index (κ3) is 2.80. The van der Waals surface area contributed by atoms with Gasteiger partial charge >= 0.3 is 5.97 Å². The normalized spacial score (nSPS) is 10.4. The third-order valence-electron chi connectivity index (χ3n) is 2.88. The molecule has 0 bridgehead atoms. The number of rotatable bonds is 3. The summed E-state index contributed by atoms with van der Waals surface area (Å²) in [7, 11) is 2.38. The minimum Gasteiger partial charge on any atom is -0.494 e. The fourth-order valence-corrected chi connectivity index (χ4v) is 1.97. The van der Waals surface area contributed by atoms with E-state index < -0.39 is 17.6 Å². The molecule has 2 N–H and O–H groups in total. The molecule has 0 saturated carbocycles. The molecule has 2 rings (SSSR count). The van der Waals surface area contributed by atoms with Crippen molar-refractivity contribution < 1.29 is 23.0 Å². The van der Waals surface area contributed by atoms with Crippen molar-refractivity contribution in [2.24, 2.45) is 0 Å². The fraction of sp³-hybridized carbons (Fsp3) is 0.143. The zero-order valence-electron chi connectivity index (χ0n) is 11.6. The molecule has 0 radical (unpaired) electrons. The zero-order valence-corrected chi connectivity index (χ0v) is 12.4. The molecule has 0 aliphatic carbocycles. The van der Waals surface area contributed by atoms with Gasteiger partial charge in [0.25, 0.3) is 0 Å². The molecule has 0 aliphatic heterocycles. The topological polar surface area (TPSA) is 74.4 Å². The number of carbonyl (C=O) groups excluding carboxylic acids is 1. The molecular formula is C14H11ClF2N2O3. The standard InChI is InChI=1S/C14H11ClF2N2O3/c1-21-11-3-6(7(16)4-8(11)17)10-5-9(18)12(15)13(19-10)14(20)22-2/h3-5H,1-2H3,(H2,18,19). The van der Waals surface area contributed by atoms with Crippen molar-refractivity contribution in [3.8, 4) is 17.0 Å². The van der Waals surface area contributed by atoms with E-state index in [2.05, 4.69) is 9.72 Å². The van der Waals surface area contributed by atoms with Crippen LogP contribution in [0, 0.1) is 11.6 Å². The fourth-order valence-electron chi connectivity index (χ4n) is 1.80. The maximum absolute atomic E-state index is 14.0. The highest BCUT2D eigenvalue weighted by Crippen LogP contribution is 2.32. The first kappa shape index (κ1) is 16.0. The number of nitrogens with two attached hydrogens (primary N) is 1. The minimum absolute atomic E-state index is 0.00176. The van der Waals surface area contributed by atoms with Crippen LogP contribution in [0.15, 0.2) is 18.2 Å². The van der Waals surface area contributed by atoms with E-state index in [0.717, 1.165) is 13.2 Å². The molecule has 0 atom stereocenters. The van der Waals surface area contributed by atoms with E-state index in [1.54, 1.807) is 0 Å². The van der Waals surface area contributed by atoms with Crippen molar-refractivity contribution in [2.75, 3.05) is 20.0 Å². The Labute approximate surface area is 129 Å². The van der Waals surface area contributed by atoms with Crippen molar-refractivity contribution in [1.29, 1.82) is 0 Å². The third-order valence-corrected chi connectivity index (χ3v) is 3.28. The van der Waals surface area contributed by atoms with Crippen LogP contribution in [0.2, 0.25) is 5.02 Å². The number of hydrogen-bond donors (Lipinski definition) is 1. The Morgan fingerprint density at radius 3 is 2.50 bits per heavy atom. The van der Waals surface area contributed by atoms with Gasteiger partial charge in [-0.2, -0.15) is 0 Å². The minimum atomic E-state index is -0.886. The Kier molecular flexibility index (Phi) is 4.46. The largest absolute Gasteiger partial charge is 0.494 e. The molecule has 22 heavy (non-hydrogen) atoms. The highest BCUT2D eigenvalue weighted by molar-refractivity contribution is 6.35. The van der Waals surface area contributed by atoms with E-state index in [-0.39, 0.29) is 33.4 Å². The molecule has 0 fully saturated rings. The first-order chi connectivity index (χ1) is 10.4. The number of methoxy groups -OCH3 is 2. The number of esters is 1. The molecule has 0 aliphatic rings. The van der Waals surface area contributed by atoms with E-state index in [1.165, 1.54) is 13.2 Å². The van der Waals surface area contributed by atoms with Crippen molar-refractivity contribution in [3.63, 3.8) is 0 Å². The second-order valence-corrected chi connectivity index (χ2v) is 4.60. The van der Waals surface area contributed by atoms with Crippen molar-refractivity contribution >= 4 is 23.3 Å². The summed E-state index contributed by atoms with van der Waals surface area (Å²) in [6, 6.07) is 3.03. The molecule has 1 aromatic heterocycles. The smallest absolute Gasteiger partial charge is 0.358 e. The predicted molar refractivity (Wildman–Crippen MR) is 76.9 cm³/mol. The average molecular weight is 329 g/mol. The van der Waals surface area contributed by atoms with E-state index in [1.807, 2.05) is 0 Å². The van der Waals surface area contributed by atoms with Gasteiger partial charge in [-0.15, -0.1) is 0 Å². The van der Waals surface area contributed by atoms with Crippen LogP contribution in [-0.2, 0) is 4.74 Å². The molecule has 1 aromatic carbocycles. The van der Waals surface area contributed by atoms with Crippen LogP contribution < -0.4 is 10.5 Å². The molecule has 1 heterocycles. The van der Waals surface area contributed by atoms with Crippen LogP contribution in [0.5, 0.6) is 5.75 Å². The number of aromatic nitrogens is 1. The number of anilines is 1. The van der Waals surface area contributed by atoms with Crippen LogP contribution in [0.4, 0.5) is 14.5 Å². The van der Waals surface area contributed by atoms with Gasteiger partial charge in [0.05, 0.1) is 30.6 Å². The molecule has 0 unspecified atom stereocenters. The van der Waals surface area contributed by atoms with Gasteiger partial charge in [0.15, 0.2) is 17.3 Å². The number of halogens is 3. The lowest BCUT2D eigenvalue weighted by Gasteiger charge is -2.10. The van der Waals surface area contributed by atoms with Gasteiger partial charge in [-0.1, -0.05) is 11.6 Å². The summed E-state index contributed by atoms with van der Waals surface area (Å²) in [5.74, 6) is -2.75. The van der Waals surface area contributed by atoms with Crippen molar-refractivity contribution in [2.45, 2.75) is 0 Å². The number of carbonyl (C=O) groups is 1. The second-order valence-electron chi connectivity index (χ2n) is 4.22. The number of pyridine rings is 1. The Balaban J connectivity index is 2.68. The summed E-state index contributed by atoms with van der Waals surface area (Å²) in [4.78, 5) is 15.6. The van der Waals surface area contributed by atoms with Crippen LogP contribution in [-0.4, -0.2) is 25.2 Å². The molecule has 0 amide bonds. The highest BCUT2D eigenvalue weighted by atomic mass is 35.5. The summed E-state index contributed by atoms with van der Waals surface area (Å²) in [5.41, 5.74) is 5.35. The number of hydrogen-bond acceptors (Lipinski definition) is 5. The van der Waals surface area contributed by atoms with Crippen molar-refractivity contribution in [3.05, 3.63) is 40.6 Å². The van der Waals surface area contributed by atoms with Crippen LogP contribution >= 0.6 is 11.6 Å². The summed E-state index contributed by atoms with van der Waals surface area (Å²) < 4.78 is 36.8. The van der Waals surface area contributed by atoms with Gasteiger partial charge in [0.2, 0.25) is 0 Å². The van der Waals surface area contributed by atoms with Gasteiger partial charge < -0.3 is 15.2 Å². The van der Waals surface area contributed by atoms with E-state index >= 15 is 0 Å². The first-order valence-electron chi connectivity index (χ1n) is 5.96. The maximum atomic E-state index is 14.0. The maximum Gasteiger partial charge on any atom is 0.358 e. The molecule has 0 saturated heterocycles. The van der Waals surface area contributed by atoms with Gasteiger partial charge in [-0.05, 0) is 12.1 Å². The summed E-state index contributed by atoms with van der Waals surface area (Å²) in [6.07, 6.45) is 0. The number of benzene rings is 1. The number of nitrogens with zero attached hydrogens (tertiary/aromatic N) is 1. The van der Waals surface area contributed by atoms with E-state index in [9.17, 15) is 13.6 Å². The molecule has 0 spiro atoms. The molecular weight excluding hydrogens is 318 g/mol. The van der Waals surface area contributed by atoms with E-state index in [4.69, 9.17) is 22.1 Å². The van der Waals surface area contributed by atoms with Crippen LogP contribution in [0.3, 0.4) is 0 Å². The molecule has 5 nitrogen and oxygen atoms in total. The Morgan fingerprint density at radius 2 is 1.91 bits per heavy atom. The molecule has 2 aromatic rings. The quantitative estimate of drug-likeness (QED) is 0.876. The lowest BCUT2D eigenvalue weighted by atomic mass is 10.1. The van der Waals surface area contributed by atoms with E-state index in [0.29, 0.717) is 6.07 Å². The van der Waals surface area contributed by atoms with Crippen LogP contribution in [0.25, 0.3) is 11.3 Å². The highest BCUT2D eigenvalue weighted by Gasteiger charge is 2.20. The molecule has 116 valence electrons. The molecule has 8 heteroatoms. The van der Waals surface area contributed by atoms with Crippen LogP contribution in [0.1, 0.15) is 10.5 Å². The Morgan fingerprint density at radius 1 is 1.23 bits per heavy atom. The lowest BCUT2D eigenvalue weighted by molar-refractivity contribution is 0.0594. The van der Waals surface area contributed by atoms with Gasteiger partial charge in [-0.3, -0.25) is 0 Å². The Bertz CT molecular complexity index is 753. The lowest BCUT2D eigenvalue weighted by Crippen LogP contribution is -2.08. The van der Waals surface area contributed by atoms with Gasteiger partial charge in [0, 0.05) is 11.6 Å². The predicted octanol–water partition coefficient (Wildman–Crippen LogP) is 3.06. The van der Waals surface area contributed by atoms with Gasteiger partial charge in [-0.25, -0.2) is 18.6 Å². The summed E-state index contributed by atoms with van der Waals surface area (Å²) in [5, 5.41) is -0.106. The van der Waals surface area contributed by atoms with Gasteiger partial charge in [0.1, 0.15) is 5.82 Å². The number of nitrogen functional groups attached to an aromatic ring is 1. The Hall–Kier alpha value is -2.41. The average Bonchev–Trinajstić information content (AvgIpc) is 2.49. The summed E-state index contributed by atoms with van der Waals surface area (Å²) in [6.45, 7) is 0. The van der Waals surface area contributed by atoms with Crippen molar-refractivity contribution in [1.82, 2.24) is 4.98 Å². The zero-order chi connectivity index (χ0) is 16.4. The number of ether oxygens (including phenoxy) is 2. The SMILES string of the molecule is COC(=O)c1nc(-c2cc(OC)c(F)cc2F)cc(N)c1Cl.